The number of amides is 1. The lowest BCUT2D eigenvalue weighted by molar-refractivity contribution is -0.148. The predicted octanol–water partition coefficient (Wildman–Crippen LogP) is 2.02. The zero-order valence-corrected chi connectivity index (χ0v) is 16.6. The number of aliphatic carboxylic acids is 1. The summed E-state index contributed by atoms with van der Waals surface area (Å²) >= 11 is 5.82. The van der Waals surface area contributed by atoms with Gasteiger partial charge in [0.25, 0.3) is 5.56 Å². The van der Waals surface area contributed by atoms with Crippen molar-refractivity contribution in [1.82, 2.24) is 15.6 Å². The molecule has 1 heterocycles. The lowest BCUT2D eigenvalue weighted by Crippen LogP contribution is -2.47. The van der Waals surface area contributed by atoms with Crippen LogP contribution in [-0.4, -0.2) is 44.9 Å². The number of benzene rings is 2. The molecule has 4 N–H and O–H groups in total. The Bertz CT molecular complexity index is 1140. The van der Waals surface area contributed by atoms with Crippen molar-refractivity contribution >= 4 is 23.5 Å². The van der Waals surface area contributed by atoms with Crippen LogP contribution in [-0.2, 0) is 11.3 Å². The van der Waals surface area contributed by atoms with Crippen molar-refractivity contribution in [3.8, 4) is 11.1 Å². The van der Waals surface area contributed by atoms with Crippen molar-refractivity contribution in [2.45, 2.75) is 12.6 Å². The summed E-state index contributed by atoms with van der Waals surface area (Å²) < 4.78 is 18.9. The number of rotatable bonds is 8. The summed E-state index contributed by atoms with van der Waals surface area (Å²) in [4.78, 5) is 34.4. The van der Waals surface area contributed by atoms with Gasteiger partial charge in [-0.3, -0.25) is 15.0 Å². The van der Waals surface area contributed by atoms with Crippen molar-refractivity contribution < 1.29 is 28.7 Å². The summed E-state index contributed by atoms with van der Waals surface area (Å²) in [6.45, 7) is -0.441. The van der Waals surface area contributed by atoms with Gasteiger partial charge in [0.1, 0.15) is 5.82 Å². The van der Waals surface area contributed by atoms with Gasteiger partial charge >= 0.3 is 11.9 Å². The zero-order valence-electron chi connectivity index (χ0n) is 15.8. The number of nitrogens with zero attached hydrogens (tertiary/aromatic N) is 1. The highest BCUT2D eigenvalue weighted by molar-refractivity contribution is 6.31. The van der Waals surface area contributed by atoms with Crippen molar-refractivity contribution in [3.05, 3.63) is 81.0 Å². The molecule has 3 rings (SSSR count). The number of carbonyl (C=O) groups excluding carboxylic acids is 1. The predicted molar refractivity (Wildman–Crippen MR) is 108 cm³/mol. The minimum atomic E-state index is -1.78. The van der Waals surface area contributed by atoms with Crippen molar-refractivity contribution in [3.63, 3.8) is 0 Å². The molecule has 0 aliphatic carbocycles. The van der Waals surface area contributed by atoms with Gasteiger partial charge in [0.2, 0.25) is 5.76 Å². The number of hydrogen-bond donors (Lipinski definition) is 4. The zero-order chi connectivity index (χ0) is 22.5. The number of aromatic nitrogens is 1. The molecule has 0 aliphatic rings. The molecule has 0 bridgehead atoms. The Morgan fingerprint density at radius 2 is 1.94 bits per heavy atom. The van der Waals surface area contributed by atoms with E-state index in [0.717, 1.165) is 11.1 Å². The molecule has 0 spiro atoms. The Morgan fingerprint density at radius 3 is 2.55 bits per heavy atom. The summed E-state index contributed by atoms with van der Waals surface area (Å²) in [7, 11) is 0. The SMILES string of the molecule is O=C(NN(Cc1ccc(-c2cccc(Cl)c2F)cc1)CC(O)C(=O)O)c1cc(=O)[nH]o1. The molecule has 9 nitrogen and oxygen atoms in total. The van der Waals surface area contributed by atoms with E-state index in [0.29, 0.717) is 16.7 Å². The largest absolute Gasteiger partial charge is 0.479 e. The van der Waals surface area contributed by atoms with Gasteiger partial charge in [-0.05, 0) is 17.2 Å². The topological polar surface area (TPSA) is 136 Å². The number of hydrazine groups is 1. The molecule has 0 saturated heterocycles. The Balaban J connectivity index is 1.78. The molecule has 0 fully saturated rings. The van der Waals surface area contributed by atoms with Gasteiger partial charge in [-0.2, -0.15) is 5.16 Å². The maximum atomic E-state index is 14.2. The van der Waals surface area contributed by atoms with Crippen LogP contribution < -0.4 is 11.0 Å². The van der Waals surface area contributed by atoms with E-state index in [1.807, 2.05) is 5.16 Å². The third-order valence-corrected chi connectivity index (χ3v) is 4.57. The maximum absolute atomic E-state index is 14.2. The van der Waals surface area contributed by atoms with E-state index in [-0.39, 0.29) is 17.3 Å². The molecule has 11 heteroatoms. The van der Waals surface area contributed by atoms with Gasteiger partial charge < -0.3 is 14.7 Å². The van der Waals surface area contributed by atoms with Crippen LogP contribution in [0.15, 0.2) is 57.8 Å². The molecule has 3 aromatic rings. The highest BCUT2D eigenvalue weighted by Crippen LogP contribution is 2.27. The molecule has 1 amide bonds. The van der Waals surface area contributed by atoms with Crippen LogP contribution in [0.2, 0.25) is 5.02 Å². The van der Waals surface area contributed by atoms with E-state index in [9.17, 15) is 23.9 Å². The van der Waals surface area contributed by atoms with Gasteiger partial charge in [0, 0.05) is 12.1 Å². The van der Waals surface area contributed by atoms with Crippen molar-refractivity contribution in [1.29, 1.82) is 0 Å². The number of hydrogen-bond acceptors (Lipinski definition) is 6. The number of carboxylic acid groups (broad SMARTS) is 1. The molecule has 1 unspecified atom stereocenters. The molecule has 31 heavy (non-hydrogen) atoms. The normalized spacial score (nSPS) is 12.0. The van der Waals surface area contributed by atoms with Gasteiger partial charge in [-0.1, -0.05) is 48.0 Å². The van der Waals surface area contributed by atoms with E-state index in [2.05, 4.69) is 5.43 Å². The molecule has 0 saturated carbocycles. The first kappa shape index (κ1) is 22.2. The second kappa shape index (κ2) is 9.56. The third kappa shape index (κ3) is 5.57. The van der Waals surface area contributed by atoms with Crippen LogP contribution in [0.3, 0.4) is 0 Å². The summed E-state index contributed by atoms with van der Waals surface area (Å²) in [5, 5.41) is 21.8. The Morgan fingerprint density at radius 1 is 1.23 bits per heavy atom. The number of carboxylic acids is 1. The van der Waals surface area contributed by atoms with Gasteiger partial charge in [0.15, 0.2) is 6.10 Å². The Kier molecular flexibility index (Phi) is 6.85. The number of carbonyl (C=O) groups is 2. The number of aromatic amines is 1. The Labute approximate surface area is 179 Å². The van der Waals surface area contributed by atoms with E-state index in [1.165, 1.54) is 6.07 Å². The average Bonchev–Trinajstić information content (AvgIpc) is 3.17. The summed E-state index contributed by atoms with van der Waals surface area (Å²) in [5.74, 6) is -3.15. The fraction of sp³-hybridized carbons (Fsp3) is 0.150. The number of H-pyrrole nitrogens is 1. The van der Waals surface area contributed by atoms with Crippen molar-refractivity contribution in [2.75, 3.05) is 6.54 Å². The van der Waals surface area contributed by atoms with Crippen LogP contribution in [0.1, 0.15) is 16.1 Å². The minimum Gasteiger partial charge on any atom is -0.479 e. The summed E-state index contributed by atoms with van der Waals surface area (Å²) in [6, 6.07) is 12.2. The number of halogens is 2. The van der Waals surface area contributed by atoms with Crippen LogP contribution in [0.5, 0.6) is 0 Å². The van der Waals surface area contributed by atoms with E-state index in [4.69, 9.17) is 21.2 Å². The average molecular weight is 450 g/mol. The fourth-order valence-corrected chi connectivity index (χ4v) is 2.94. The minimum absolute atomic E-state index is 0.00302. The van der Waals surface area contributed by atoms with E-state index >= 15 is 0 Å². The standard InChI is InChI=1S/C20H17ClFN3O6/c21-14-3-1-2-13(18(14)22)12-6-4-11(5-7-12)9-25(10-15(26)20(29)30)23-19(28)16-8-17(27)24-31-16/h1-8,15,26H,9-10H2,(H,23,28)(H,24,27)(H,29,30). The third-order valence-electron chi connectivity index (χ3n) is 4.28. The maximum Gasteiger partial charge on any atom is 0.333 e. The molecule has 2 aromatic carbocycles. The molecule has 1 aromatic heterocycles. The van der Waals surface area contributed by atoms with Crippen molar-refractivity contribution in [2.24, 2.45) is 0 Å². The lowest BCUT2D eigenvalue weighted by Gasteiger charge is -2.24. The first-order chi connectivity index (χ1) is 14.7. The van der Waals surface area contributed by atoms with Crippen LogP contribution >= 0.6 is 11.6 Å². The molecule has 0 aliphatic heterocycles. The molecule has 162 valence electrons. The van der Waals surface area contributed by atoms with Gasteiger partial charge in [-0.25, -0.2) is 14.2 Å². The number of aliphatic hydroxyl groups is 1. The highest BCUT2D eigenvalue weighted by atomic mass is 35.5. The first-order valence-corrected chi connectivity index (χ1v) is 9.31. The monoisotopic (exact) mass is 449 g/mol. The number of aliphatic hydroxyl groups excluding tert-OH is 1. The molecular weight excluding hydrogens is 433 g/mol. The second-order valence-corrected chi connectivity index (χ2v) is 6.96. The summed E-state index contributed by atoms with van der Waals surface area (Å²) in [5.41, 5.74) is 3.27. The first-order valence-electron chi connectivity index (χ1n) is 8.93. The fourth-order valence-electron chi connectivity index (χ4n) is 2.77. The van der Waals surface area contributed by atoms with E-state index < -0.39 is 35.9 Å². The summed E-state index contributed by atoms with van der Waals surface area (Å²) in [6.07, 6.45) is -1.78. The van der Waals surface area contributed by atoms with Gasteiger partial charge in [0.05, 0.1) is 17.6 Å². The quantitative estimate of drug-likeness (QED) is 0.386. The Hall–Kier alpha value is -3.47. The molecule has 0 radical (unpaired) electrons. The molecule has 1 atom stereocenters. The lowest BCUT2D eigenvalue weighted by atomic mass is 10.0. The number of nitrogens with one attached hydrogen (secondary N) is 2. The van der Waals surface area contributed by atoms with Gasteiger partial charge in [-0.15, -0.1) is 0 Å². The van der Waals surface area contributed by atoms with Crippen LogP contribution in [0.4, 0.5) is 4.39 Å². The highest BCUT2D eigenvalue weighted by Gasteiger charge is 2.22. The molecular formula is C20H17ClFN3O6. The smallest absolute Gasteiger partial charge is 0.333 e. The van der Waals surface area contributed by atoms with Crippen LogP contribution in [0.25, 0.3) is 11.1 Å². The second-order valence-electron chi connectivity index (χ2n) is 6.55. The van der Waals surface area contributed by atoms with E-state index in [1.54, 1.807) is 36.4 Å². The van der Waals surface area contributed by atoms with Crippen LogP contribution in [0, 0.1) is 5.82 Å².